The predicted molar refractivity (Wildman–Crippen MR) is 59.1 cm³/mol. The first kappa shape index (κ1) is 12.4. The van der Waals surface area contributed by atoms with Gasteiger partial charge in [-0.05, 0) is 32.9 Å². The Morgan fingerprint density at radius 1 is 1.50 bits per heavy atom. The van der Waals surface area contributed by atoms with E-state index >= 15 is 0 Å². The van der Waals surface area contributed by atoms with Gasteiger partial charge in [0, 0.05) is 5.54 Å². The fourth-order valence-electron chi connectivity index (χ4n) is 1.00. The second-order valence-electron chi connectivity index (χ2n) is 4.41. The lowest BCUT2D eigenvalue weighted by Gasteiger charge is -2.19. The number of aromatic nitrogens is 1. The van der Waals surface area contributed by atoms with Gasteiger partial charge in [0.25, 0.3) is 0 Å². The SMILES string of the molecule is CC(C)(C)NC(=O)Oc1ccc(CO)nc1. The Balaban J connectivity index is 2.56. The molecule has 1 aromatic rings. The van der Waals surface area contributed by atoms with E-state index in [4.69, 9.17) is 9.84 Å². The van der Waals surface area contributed by atoms with Crippen molar-refractivity contribution in [2.24, 2.45) is 0 Å². The minimum Gasteiger partial charge on any atom is -0.409 e. The van der Waals surface area contributed by atoms with Crippen LogP contribution in [0.15, 0.2) is 18.3 Å². The largest absolute Gasteiger partial charge is 0.413 e. The maximum atomic E-state index is 11.4. The summed E-state index contributed by atoms with van der Waals surface area (Å²) in [6.45, 7) is 5.46. The van der Waals surface area contributed by atoms with Crippen LogP contribution in [0, 0.1) is 0 Å². The second-order valence-corrected chi connectivity index (χ2v) is 4.41. The van der Waals surface area contributed by atoms with Crippen LogP contribution in [0.25, 0.3) is 0 Å². The molecule has 0 atom stereocenters. The lowest BCUT2D eigenvalue weighted by molar-refractivity contribution is 0.190. The zero-order valence-corrected chi connectivity index (χ0v) is 9.65. The normalized spacial score (nSPS) is 11.0. The number of ether oxygens (including phenoxy) is 1. The average molecular weight is 224 g/mol. The minimum atomic E-state index is -0.522. The van der Waals surface area contributed by atoms with Gasteiger partial charge in [0.2, 0.25) is 0 Å². The summed E-state index contributed by atoms with van der Waals surface area (Å²) >= 11 is 0. The van der Waals surface area contributed by atoms with Crippen LogP contribution in [-0.4, -0.2) is 21.7 Å². The van der Waals surface area contributed by atoms with E-state index < -0.39 is 6.09 Å². The van der Waals surface area contributed by atoms with Crippen LogP contribution in [0.1, 0.15) is 26.5 Å². The summed E-state index contributed by atoms with van der Waals surface area (Å²) in [4.78, 5) is 15.3. The molecule has 0 aromatic carbocycles. The van der Waals surface area contributed by atoms with Crippen LogP contribution in [0.2, 0.25) is 0 Å². The molecule has 1 aromatic heterocycles. The van der Waals surface area contributed by atoms with E-state index in [0.717, 1.165) is 0 Å². The van der Waals surface area contributed by atoms with Gasteiger partial charge in [-0.25, -0.2) is 4.79 Å². The van der Waals surface area contributed by atoms with Crippen LogP contribution in [-0.2, 0) is 6.61 Å². The number of pyridine rings is 1. The highest BCUT2D eigenvalue weighted by atomic mass is 16.6. The standard InChI is InChI=1S/C11H16N2O3/c1-11(2,3)13-10(15)16-9-5-4-8(7-14)12-6-9/h4-6,14H,7H2,1-3H3,(H,13,15). The summed E-state index contributed by atoms with van der Waals surface area (Å²) in [5, 5.41) is 11.4. The molecule has 1 rings (SSSR count). The molecule has 0 radical (unpaired) electrons. The fourth-order valence-corrected chi connectivity index (χ4v) is 1.00. The van der Waals surface area contributed by atoms with Crippen molar-refractivity contribution >= 4 is 6.09 Å². The molecule has 88 valence electrons. The smallest absolute Gasteiger partial charge is 0.409 e. The van der Waals surface area contributed by atoms with Crippen LogP contribution in [0.3, 0.4) is 0 Å². The molecule has 0 aliphatic rings. The fraction of sp³-hybridized carbons (Fsp3) is 0.455. The average Bonchev–Trinajstić information content (AvgIpc) is 2.16. The monoisotopic (exact) mass is 224 g/mol. The molecular weight excluding hydrogens is 208 g/mol. The maximum Gasteiger partial charge on any atom is 0.413 e. The van der Waals surface area contributed by atoms with Gasteiger partial charge in [0.05, 0.1) is 18.5 Å². The Hall–Kier alpha value is -1.62. The van der Waals surface area contributed by atoms with E-state index in [0.29, 0.717) is 11.4 Å². The first-order chi connectivity index (χ1) is 7.40. The number of amides is 1. The number of hydrogen-bond acceptors (Lipinski definition) is 4. The quantitative estimate of drug-likeness (QED) is 0.797. The van der Waals surface area contributed by atoms with Gasteiger partial charge in [-0.3, -0.25) is 4.98 Å². The molecule has 16 heavy (non-hydrogen) atoms. The molecule has 0 saturated heterocycles. The summed E-state index contributed by atoms with van der Waals surface area (Å²) in [7, 11) is 0. The van der Waals surface area contributed by atoms with Crippen molar-refractivity contribution < 1.29 is 14.6 Å². The number of carbonyl (C=O) groups excluding carboxylic acids is 1. The third-order valence-corrected chi connectivity index (χ3v) is 1.65. The van der Waals surface area contributed by atoms with Crippen molar-refractivity contribution in [2.75, 3.05) is 0 Å². The molecule has 0 aliphatic heterocycles. The van der Waals surface area contributed by atoms with E-state index in [1.807, 2.05) is 20.8 Å². The Kier molecular flexibility index (Phi) is 3.84. The van der Waals surface area contributed by atoms with Gasteiger partial charge in [-0.1, -0.05) is 0 Å². The highest BCUT2D eigenvalue weighted by molar-refractivity contribution is 5.70. The molecule has 0 fully saturated rings. The Labute approximate surface area is 94.5 Å². The molecular formula is C11H16N2O3. The molecule has 0 aliphatic carbocycles. The molecule has 1 heterocycles. The van der Waals surface area contributed by atoms with Crippen molar-refractivity contribution in [3.05, 3.63) is 24.0 Å². The number of aliphatic hydroxyl groups excluding tert-OH is 1. The number of hydrogen-bond donors (Lipinski definition) is 2. The van der Waals surface area contributed by atoms with Gasteiger partial charge in [0.15, 0.2) is 5.75 Å². The van der Waals surface area contributed by atoms with Gasteiger partial charge in [0.1, 0.15) is 0 Å². The molecule has 0 unspecified atom stereocenters. The zero-order chi connectivity index (χ0) is 12.2. The highest BCUT2D eigenvalue weighted by Crippen LogP contribution is 2.10. The van der Waals surface area contributed by atoms with E-state index in [1.165, 1.54) is 6.20 Å². The lowest BCUT2D eigenvalue weighted by atomic mass is 10.1. The lowest BCUT2D eigenvalue weighted by Crippen LogP contribution is -2.42. The van der Waals surface area contributed by atoms with Crippen molar-refractivity contribution in [2.45, 2.75) is 32.9 Å². The molecule has 2 N–H and O–H groups in total. The van der Waals surface area contributed by atoms with Crippen molar-refractivity contribution in [3.63, 3.8) is 0 Å². The van der Waals surface area contributed by atoms with Crippen molar-refractivity contribution in [1.29, 1.82) is 0 Å². The van der Waals surface area contributed by atoms with Gasteiger partial charge in [-0.2, -0.15) is 0 Å². The summed E-state index contributed by atoms with van der Waals surface area (Å²) in [6.07, 6.45) is 0.874. The van der Waals surface area contributed by atoms with Gasteiger partial charge in [-0.15, -0.1) is 0 Å². The number of nitrogens with one attached hydrogen (secondary N) is 1. The Bertz CT molecular complexity index is 354. The second kappa shape index (κ2) is 4.94. The maximum absolute atomic E-state index is 11.4. The molecule has 5 heteroatoms. The number of nitrogens with zero attached hydrogens (tertiary/aromatic N) is 1. The van der Waals surface area contributed by atoms with Gasteiger partial charge < -0.3 is 15.2 Å². The Morgan fingerprint density at radius 3 is 2.62 bits per heavy atom. The molecule has 0 spiro atoms. The van der Waals surface area contributed by atoms with Crippen LogP contribution < -0.4 is 10.1 Å². The van der Waals surface area contributed by atoms with E-state index in [2.05, 4.69) is 10.3 Å². The van der Waals surface area contributed by atoms with Crippen LogP contribution >= 0.6 is 0 Å². The topological polar surface area (TPSA) is 71.5 Å². The van der Waals surface area contributed by atoms with E-state index in [1.54, 1.807) is 12.1 Å². The summed E-state index contributed by atoms with van der Waals surface area (Å²) < 4.78 is 5.00. The van der Waals surface area contributed by atoms with Gasteiger partial charge >= 0.3 is 6.09 Å². The van der Waals surface area contributed by atoms with Crippen molar-refractivity contribution in [1.82, 2.24) is 10.3 Å². The van der Waals surface area contributed by atoms with Crippen LogP contribution in [0.5, 0.6) is 5.75 Å². The predicted octanol–water partition coefficient (Wildman–Crippen LogP) is 1.46. The first-order valence-electron chi connectivity index (χ1n) is 4.96. The number of aliphatic hydroxyl groups is 1. The van der Waals surface area contributed by atoms with Crippen LogP contribution in [0.4, 0.5) is 4.79 Å². The molecule has 0 bridgehead atoms. The third kappa shape index (κ3) is 4.27. The molecule has 5 nitrogen and oxygen atoms in total. The van der Waals surface area contributed by atoms with E-state index in [9.17, 15) is 4.79 Å². The molecule has 0 saturated carbocycles. The first-order valence-corrected chi connectivity index (χ1v) is 4.96. The highest BCUT2D eigenvalue weighted by Gasteiger charge is 2.15. The summed E-state index contributed by atoms with van der Waals surface area (Å²) in [6, 6.07) is 3.18. The minimum absolute atomic E-state index is 0.130. The van der Waals surface area contributed by atoms with Crippen molar-refractivity contribution in [3.8, 4) is 5.75 Å². The summed E-state index contributed by atoms with van der Waals surface area (Å²) in [5.41, 5.74) is 0.193. The molecule has 1 amide bonds. The number of rotatable bonds is 2. The Morgan fingerprint density at radius 2 is 2.19 bits per heavy atom. The number of carbonyl (C=O) groups is 1. The third-order valence-electron chi connectivity index (χ3n) is 1.65. The summed E-state index contributed by atoms with van der Waals surface area (Å²) in [5.74, 6) is 0.346. The zero-order valence-electron chi connectivity index (χ0n) is 9.65. The van der Waals surface area contributed by atoms with E-state index in [-0.39, 0.29) is 12.1 Å².